The van der Waals surface area contributed by atoms with Crippen LogP contribution in [0, 0.1) is 6.92 Å². The first-order valence-corrected chi connectivity index (χ1v) is 12.2. The number of aryl methyl sites for hydroxylation is 1. The molecule has 0 aliphatic rings. The predicted octanol–water partition coefficient (Wildman–Crippen LogP) is 5.89. The van der Waals surface area contributed by atoms with Gasteiger partial charge in [-0.25, -0.2) is 8.42 Å². The van der Waals surface area contributed by atoms with E-state index >= 15 is 0 Å². The van der Waals surface area contributed by atoms with Crippen LogP contribution in [0.25, 0.3) is 0 Å². The monoisotopic (exact) mass is 540 g/mol. The van der Waals surface area contributed by atoms with Crippen LogP contribution in [0.2, 0.25) is 10.0 Å². The molecule has 31 heavy (non-hydrogen) atoms. The summed E-state index contributed by atoms with van der Waals surface area (Å²) in [4.78, 5) is 12.8. The van der Waals surface area contributed by atoms with E-state index < -0.39 is 22.5 Å². The topological polar surface area (TPSA) is 66.5 Å². The first kappa shape index (κ1) is 23.8. The van der Waals surface area contributed by atoms with Crippen LogP contribution in [-0.2, 0) is 21.4 Å². The quantitative estimate of drug-likeness (QED) is 0.405. The zero-order chi connectivity index (χ0) is 22.6. The fourth-order valence-corrected chi connectivity index (χ4v) is 5.15. The lowest BCUT2D eigenvalue weighted by molar-refractivity contribution is -0.116. The molecule has 0 saturated heterocycles. The summed E-state index contributed by atoms with van der Waals surface area (Å²) in [5, 5.41) is 3.37. The summed E-state index contributed by atoms with van der Waals surface area (Å²) in [6, 6.07) is 18.4. The van der Waals surface area contributed by atoms with E-state index in [1.54, 1.807) is 48.5 Å². The minimum absolute atomic E-state index is 0.0801. The van der Waals surface area contributed by atoms with Gasteiger partial charge in [-0.2, -0.15) is 4.31 Å². The number of carbonyl (C=O) groups excluding carboxylic acids is 1. The molecule has 0 bridgehead atoms. The third kappa shape index (κ3) is 6.08. The highest BCUT2D eigenvalue weighted by molar-refractivity contribution is 9.10. The van der Waals surface area contributed by atoms with E-state index in [1.807, 2.05) is 13.0 Å². The van der Waals surface area contributed by atoms with Gasteiger partial charge < -0.3 is 5.32 Å². The lowest BCUT2D eigenvalue weighted by Crippen LogP contribution is -2.37. The fourth-order valence-electron chi connectivity index (χ4n) is 2.87. The standard InChI is InChI=1S/C22H19BrCl2N2O3S/c1-15-8-10-18(11-9-15)31(29,30)27(13-19-20(24)6-3-7-21(19)25)14-22(28)26-17-5-2-4-16(23)12-17/h2-12H,13-14H2,1H3,(H,26,28). The maximum atomic E-state index is 13.4. The molecule has 3 aromatic carbocycles. The van der Waals surface area contributed by atoms with Gasteiger partial charge in [0.05, 0.1) is 11.4 Å². The van der Waals surface area contributed by atoms with Crippen molar-refractivity contribution in [2.24, 2.45) is 0 Å². The number of amides is 1. The molecule has 0 aliphatic heterocycles. The molecule has 1 amide bonds. The lowest BCUT2D eigenvalue weighted by atomic mass is 10.2. The van der Waals surface area contributed by atoms with Crippen LogP contribution in [-0.4, -0.2) is 25.2 Å². The van der Waals surface area contributed by atoms with Gasteiger partial charge >= 0.3 is 0 Å². The number of rotatable bonds is 7. The van der Waals surface area contributed by atoms with E-state index in [1.165, 1.54) is 12.1 Å². The average Bonchev–Trinajstić information content (AvgIpc) is 2.70. The highest BCUT2D eigenvalue weighted by atomic mass is 79.9. The third-order valence-electron chi connectivity index (χ3n) is 4.48. The third-order valence-corrected chi connectivity index (χ3v) is 7.49. The van der Waals surface area contributed by atoms with Gasteiger partial charge in [0.2, 0.25) is 15.9 Å². The Kier molecular flexibility index (Phi) is 7.78. The summed E-state index contributed by atoms with van der Waals surface area (Å²) in [6.45, 7) is 1.30. The Balaban J connectivity index is 1.93. The molecular weight excluding hydrogens is 523 g/mol. The molecule has 5 nitrogen and oxygen atoms in total. The summed E-state index contributed by atoms with van der Waals surface area (Å²) in [6.07, 6.45) is 0. The van der Waals surface area contributed by atoms with Crippen molar-refractivity contribution in [3.05, 3.63) is 92.4 Å². The van der Waals surface area contributed by atoms with Crippen molar-refractivity contribution >= 4 is 60.7 Å². The van der Waals surface area contributed by atoms with Gasteiger partial charge in [0.1, 0.15) is 0 Å². The molecule has 0 fully saturated rings. The van der Waals surface area contributed by atoms with Crippen molar-refractivity contribution in [3.8, 4) is 0 Å². The van der Waals surface area contributed by atoms with Gasteiger partial charge in [-0.3, -0.25) is 4.79 Å². The van der Waals surface area contributed by atoms with Crippen molar-refractivity contribution < 1.29 is 13.2 Å². The van der Waals surface area contributed by atoms with Crippen LogP contribution in [0.5, 0.6) is 0 Å². The first-order chi connectivity index (χ1) is 14.7. The molecule has 0 atom stereocenters. The van der Waals surface area contributed by atoms with Gasteiger partial charge in [0.15, 0.2) is 0 Å². The van der Waals surface area contributed by atoms with E-state index in [2.05, 4.69) is 21.2 Å². The maximum Gasteiger partial charge on any atom is 0.243 e. The Morgan fingerprint density at radius 3 is 2.23 bits per heavy atom. The Bertz CT molecular complexity index is 1180. The van der Waals surface area contributed by atoms with Crippen LogP contribution in [0.1, 0.15) is 11.1 Å². The number of hydrogen-bond acceptors (Lipinski definition) is 3. The second-order valence-corrected chi connectivity index (χ2v) is 10.5. The zero-order valence-electron chi connectivity index (χ0n) is 16.5. The second-order valence-electron chi connectivity index (χ2n) is 6.84. The Morgan fingerprint density at radius 2 is 1.61 bits per heavy atom. The average molecular weight is 542 g/mol. The first-order valence-electron chi connectivity index (χ1n) is 9.22. The molecule has 0 saturated carbocycles. The Hall–Kier alpha value is -1.90. The lowest BCUT2D eigenvalue weighted by Gasteiger charge is -2.23. The number of halogens is 3. The van der Waals surface area contributed by atoms with Crippen LogP contribution in [0.3, 0.4) is 0 Å². The molecule has 0 radical (unpaired) electrons. The highest BCUT2D eigenvalue weighted by Crippen LogP contribution is 2.28. The molecule has 0 aromatic heterocycles. The largest absolute Gasteiger partial charge is 0.325 e. The normalized spacial score (nSPS) is 11.5. The van der Waals surface area contributed by atoms with Crippen molar-refractivity contribution in [3.63, 3.8) is 0 Å². The van der Waals surface area contributed by atoms with Crippen LogP contribution >= 0.6 is 39.1 Å². The number of carbonyl (C=O) groups is 1. The zero-order valence-corrected chi connectivity index (χ0v) is 20.4. The number of nitrogens with one attached hydrogen (secondary N) is 1. The van der Waals surface area contributed by atoms with Crippen molar-refractivity contribution in [1.82, 2.24) is 4.31 Å². The van der Waals surface area contributed by atoms with E-state index in [4.69, 9.17) is 23.2 Å². The van der Waals surface area contributed by atoms with Gasteiger partial charge in [-0.15, -0.1) is 0 Å². The number of anilines is 1. The fraction of sp³-hybridized carbons (Fsp3) is 0.136. The van der Waals surface area contributed by atoms with Crippen molar-refractivity contribution in [2.75, 3.05) is 11.9 Å². The maximum absolute atomic E-state index is 13.4. The summed E-state index contributed by atoms with van der Waals surface area (Å²) in [7, 11) is -4.00. The van der Waals surface area contributed by atoms with Crippen LogP contribution in [0.4, 0.5) is 5.69 Å². The number of nitrogens with zero attached hydrogens (tertiary/aromatic N) is 1. The number of hydrogen-bond donors (Lipinski definition) is 1. The van der Waals surface area contributed by atoms with Gasteiger partial charge in [0.25, 0.3) is 0 Å². The molecule has 0 aliphatic carbocycles. The smallest absolute Gasteiger partial charge is 0.243 e. The summed E-state index contributed by atoms with van der Waals surface area (Å²) in [5.41, 5.74) is 1.90. The molecule has 0 heterocycles. The minimum Gasteiger partial charge on any atom is -0.325 e. The summed E-state index contributed by atoms with van der Waals surface area (Å²) >= 11 is 15.9. The van der Waals surface area contributed by atoms with Gasteiger partial charge in [-0.1, -0.05) is 69.0 Å². The van der Waals surface area contributed by atoms with Gasteiger partial charge in [-0.05, 0) is 49.4 Å². The van der Waals surface area contributed by atoms with E-state index in [9.17, 15) is 13.2 Å². The molecule has 1 N–H and O–H groups in total. The SMILES string of the molecule is Cc1ccc(S(=O)(=O)N(CC(=O)Nc2cccc(Br)c2)Cc2c(Cl)cccc2Cl)cc1. The number of benzene rings is 3. The van der Waals surface area contributed by atoms with E-state index in [0.29, 0.717) is 21.3 Å². The van der Waals surface area contributed by atoms with Gasteiger partial charge in [0, 0.05) is 32.3 Å². The molecular formula is C22H19BrCl2N2O3S. The summed E-state index contributed by atoms with van der Waals surface area (Å²) < 4.78 is 28.6. The Morgan fingerprint density at radius 1 is 1.00 bits per heavy atom. The van der Waals surface area contributed by atoms with E-state index in [0.717, 1.165) is 14.3 Å². The molecule has 0 unspecified atom stereocenters. The molecule has 0 spiro atoms. The highest BCUT2D eigenvalue weighted by Gasteiger charge is 2.28. The number of sulfonamides is 1. The van der Waals surface area contributed by atoms with Crippen molar-refractivity contribution in [1.29, 1.82) is 0 Å². The van der Waals surface area contributed by atoms with Crippen molar-refractivity contribution in [2.45, 2.75) is 18.4 Å². The second kappa shape index (κ2) is 10.1. The minimum atomic E-state index is -4.00. The molecule has 9 heteroatoms. The molecule has 162 valence electrons. The summed E-state index contributed by atoms with van der Waals surface area (Å²) in [5.74, 6) is -0.489. The van der Waals surface area contributed by atoms with Crippen LogP contribution in [0.15, 0.2) is 76.1 Å². The molecule has 3 rings (SSSR count). The molecule has 3 aromatic rings. The predicted molar refractivity (Wildman–Crippen MR) is 128 cm³/mol. The van der Waals surface area contributed by atoms with E-state index in [-0.39, 0.29) is 11.4 Å². The Labute approximate surface area is 200 Å². The van der Waals surface area contributed by atoms with Crippen LogP contribution < -0.4 is 5.32 Å².